The van der Waals surface area contributed by atoms with Crippen LogP contribution in [0.1, 0.15) is 52.4 Å². The first-order chi connectivity index (χ1) is 7.14. The molecule has 0 bridgehead atoms. The summed E-state index contributed by atoms with van der Waals surface area (Å²) in [6.45, 7) is 9.48. The maximum atomic E-state index is 5.62. The monoisotopic (exact) mass is 212 g/mol. The van der Waals surface area contributed by atoms with Crippen molar-refractivity contribution < 1.29 is 0 Å². The lowest BCUT2D eigenvalue weighted by Gasteiger charge is -2.29. The predicted octanol–water partition coefficient (Wildman–Crippen LogP) is 2.63. The Morgan fingerprint density at radius 3 is 2.33 bits per heavy atom. The van der Waals surface area contributed by atoms with Gasteiger partial charge in [-0.3, -0.25) is 0 Å². The molecule has 0 radical (unpaired) electrons. The first-order valence-corrected chi connectivity index (χ1v) is 6.56. The topological polar surface area (TPSA) is 29.3 Å². The third-order valence-electron chi connectivity index (χ3n) is 3.60. The van der Waals surface area contributed by atoms with Crippen molar-refractivity contribution in [1.29, 1.82) is 0 Å². The van der Waals surface area contributed by atoms with Gasteiger partial charge >= 0.3 is 0 Å². The van der Waals surface area contributed by atoms with Gasteiger partial charge in [-0.15, -0.1) is 0 Å². The number of hydrogen-bond donors (Lipinski definition) is 1. The summed E-state index contributed by atoms with van der Waals surface area (Å²) in [5.74, 6) is 0. The summed E-state index contributed by atoms with van der Waals surface area (Å²) in [6.07, 6.45) is 8.08. The molecule has 1 fully saturated rings. The highest BCUT2D eigenvalue weighted by Crippen LogP contribution is 2.26. The zero-order chi connectivity index (χ0) is 11.1. The van der Waals surface area contributed by atoms with Crippen molar-refractivity contribution >= 4 is 0 Å². The largest absolute Gasteiger partial charge is 0.330 e. The van der Waals surface area contributed by atoms with Gasteiger partial charge in [0.15, 0.2) is 0 Å². The number of piperidine rings is 1. The van der Waals surface area contributed by atoms with E-state index < -0.39 is 0 Å². The van der Waals surface area contributed by atoms with E-state index in [1.807, 2.05) is 0 Å². The summed E-state index contributed by atoms with van der Waals surface area (Å²) >= 11 is 0. The second-order valence-corrected chi connectivity index (χ2v) is 5.71. The van der Waals surface area contributed by atoms with Gasteiger partial charge in [0, 0.05) is 0 Å². The van der Waals surface area contributed by atoms with Crippen LogP contribution in [0.2, 0.25) is 0 Å². The van der Waals surface area contributed by atoms with Gasteiger partial charge in [0.1, 0.15) is 0 Å². The maximum absolute atomic E-state index is 5.62. The number of hydrogen-bond acceptors (Lipinski definition) is 2. The van der Waals surface area contributed by atoms with Crippen LogP contribution in [0, 0.1) is 5.41 Å². The predicted molar refractivity (Wildman–Crippen MR) is 67.0 cm³/mol. The van der Waals surface area contributed by atoms with Gasteiger partial charge in [-0.05, 0) is 63.7 Å². The van der Waals surface area contributed by atoms with Crippen LogP contribution in [0.4, 0.5) is 0 Å². The number of likely N-dealkylation sites (tertiary alicyclic amines) is 1. The van der Waals surface area contributed by atoms with Crippen LogP contribution in [0.15, 0.2) is 0 Å². The molecule has 1 rings (SSSR count). The molecule has 1 heterocycles. The van der Waals surface area contributed by atoms with Crippen molar-refractivity contribution in [3.63, 3.8) is 0 Å². The van der Waals surface area contributed by atoms with Crippen molar-refractivity contribution in [3.05, 3.63) is 0 Å². The fourth-order valence-electron chi connectivity index (χ4n) is 2.48. The van der Waals surface area contributed by atoms with Crippen LogP contribution in [-0.4, -0.2) is 31.1 Å². The third kappa shape index (κ3) is 5.53. The third-order valence-corrected chi connectivity index (χ3v) is 3.60. The molecule has 0 atom stereocenters. The van der Waals surface area contributed by atoms with Gasteiger partial charge in [0.2, 0.25) is 0 Å². The van der Waals surface area contributed by atoms with E-state index in [9.17, 15) is 0 Å². The van der Waals surface area contributed by atoms with Gasteiger partial charge in [-0.25, -0.2) is 0 Å². The quantitative estimate of drug-likeness (QED) is 0.733. The maximum Gasteiger partial charge on any atom is -0.00185 e. The van der Waals surface area contributed by atoms with Crippen LogP contribution in [0.3, 0.4) is 0 Å². The van der Waals surface area contributed by atoms with E-state index in [0.29, 0.717) is 5.41 Å². The molecule has 0 spiro atoms. The Labute approximate surface area is 95.2 Å². The molecule has 0 saturated carbocycles. The van der Waals surface area contributed by atoms with Crippen LogP contribution >= 0.6 is 0 Å². The molecule has 2 heteroatoms. The van der Waals surface area contributed by atoms with Gasteiger partial charge in [0.05, 0.1) is 0 Å². The normalized spacial score (nSPS) is 19.4. The lowest BCUT2D eigenvalue weighted by atomic mass is 9.84. The highest BCUT2D eigenvalue weighted by molar-refractivity contribution is 4.71. The fraction of sp³-hybridized carbons (Fsp3) is 1.00. The Balaban J connectivity index is 2.09. The summed E-state index contributed by atoms with van der Waals surface area (Å²) in [5.41, 5.74) is 6.07. The molecular formula is C13H28N2. The Kier molecular flexibility index (Phi) is 5.62. The van der Waals surface area contributed by atoms with Gasteiger partial charge in [-0.2, -0.15) is 0 Å². The van der Waals surface area contributed by atoms with Gasteiger partial charge < -0.3 is 10.6 Å². The average Bonchev–Trinajstić information content (AvgIpc) is 2.19. The fourth-order valence-corrected chi connectivity index (χ4v) is 2.48. The van der Waals surface area contributed by atoms with Crippen LogP contribution in [0.25, 0.3) is 0 Å². The van der Waals surface area contributed by atoms with E-state index >= 15 is 0 Å². The molecular weight excluding hydrogens is 184 g/mol. The molecule has 0 aromatic carbocycles. The molecule has 1 aliphatic heterocycles. The minimum absolute atomic E-state index is 0.449. The Morgan fingerprint density at radius 2 is 1.73 bits per heavy atom. The number of rotatable bonds is 6. The lowest BCUT2D eigenvalue weighted by Crippen LogP contribution is -2.31. The molecule has 1 aliphatic rings. The first-order valence-electron chi connectivity index (χ1n) is 6.56. The van der Waals surface area contributed by atoms with Crippen LogP contribution in [0.5, 0.6) is 0 Å². The van der Waals surface area contributed by atoms with E-state index in [-0.39, 0.29) is 0 Å². The van der Waals surface area contributed by atoms with Crippen LogP contribution in [-0.2, 0) is 0 Å². The molecule has 0 aromatic rings. The Morgan fingerprint density at radius 1 is 1.07 bits per heavy atom. The highest BCUT2D eigenvalue weighted by atomic mass is 15.1. The number of nitrogens with zero attached hydrogens (tertiary/aromatic N) is 1. The minimum atomic E-state index is 0.449. The minimum Gasteiger partial charge on any atom is -0.330 e. The first kappa shape index (κ1) is 13.0. The van der Waals surface area contributed by atoms with E-state index in [1.165, 1.54) is 51.7 Å². The van der Waals surface area contributed by atoms with Crippen LogP contribution < -0.4 is 5.73 Å². The van der Waals surface area contributed by atoms with Crippen molar-refractivity contribution in [1.82, 2.24) is 4.90 Å². The SMILES string of the molecule is CC(C)(CCN)CCCN1CCCCC1. The van der Waals surface area contributed by atoms with Gasteiger partial charge in [0.25, 0.3) is 0 Å². The zero-order valence-corrected chi connectivity index (χ0v) is 10.6. The molecule has 0 amide bonds. The summed E-state index contributed by atoms with van der Waals surface area (Å²) in [7, 11) is 0. The van der Waals surface area contributed by atoms with Crippen molar-refractivity contribution in [3.8, 4) is 0 Å². The highest BCUT2D eigenvalue weighted by Gasteiger charge is 2.17. The van der Waals surface area contributed by atoms with E-state index in [0.717, 1.165) is 13.0 Å². The molecule has 2 nitrogen and oxygen atoms in total. The van der Waals surface area contributed by atoms with Gasteiger partial charge in [-0.1, -0.05) is 20.3 Å². The van der Waals surface area contributed by atoms with Crippen molar-refractivity contribution in [2.45, 2.75) is 52.4 Å². The molecule has 15 heavy (non-hydrogen) atoms. The second-order valence-electron chi connectivity index (χ2n) is 5.71. The molecule has 1 saturated heterocycles. The second kappa shape index (κ2) is 6.49. The van der Waals surface area contributed by atoms with Crippen molar-refractivity contribution in [2.75, 3.05) is 26.2 Å². The standard InChI is InChI=1S/C13H28N2/c1-13(2,8-9-14)7-6-12-15-10-4-3-5-11-15/h3-12,14H2,1-2H3. The zero-order valence-electron chi connectivity index (χ0n) is 10.6. The average molecular weight is 212 g/mol. The summed E-state index contributed by atoms with van der Waals surface area (Å²) in [4.78, 5) is 2.63. The summed E-state index contributed by atoms with van der Waals surface area (Å²) in [6, 6.07) is 0. The Bertz CT molecular complexity index is 160. The molecule has 90 valence electrons. The van der Waals surface area contributed by atoms with E-state index in [4.69, 9.17) is 5.73 Å². The molecule has 0 unspecified atom stereocenters. The summed E-state index contributed by atoms with van der Waals surface area (Å²) in [5, 5.41) is 0. The smallest absolute Gasteiger partial charge is 0.00185 e. The molecule has 2 N–H and O–H groups in total. The Hall–Kier alpha value is -0.0800. The summed E-state index contributed by atoms with van der Waals surface area (Å²) < 4.78 is 0. The van der Waals surface area contributed by atoms with E-state index in [1.54, 1.807) is 0 Å². The van der Waals surface area contributed by atoms with E-state index in [2.05, 4.69) is 18.7 Å². The number of nitrogens with two attached hydrogens (primary N) is 1. The molecule has 0 aromatic heterocycles. The lowest BCUT2D eigenvalue weighted by molar-refractivity contribution is 0.206. The van der Waals surface area contributed by atoms with Crippen molar-refractivity contribution in [2.24, 2.45) is 11.1 Å². The molecule has 0 aliphatic carbocycles.